The Morgan fingerprint density at radius 2 is 1.70 bits per heavy atom. The van der Waals surface area contributed by atoms with Crippen LogP contribution in [0.3, 0.4) is 0 Å². The van der Waals surface area contributed by atoms with Crippen LogP contribution in [0.4, 0.5) is 0 Å². The van der Waals surface area contributed by atoms with Gasteiger partial charge in [0.25, 0.3) is 0 Å². The van der Waals surface area contributed by atoms with Crippen LogP contribution < -0.4 is 5.32 Å². The van der Waals surface area contributed by atoms with E-state index in [2.05, 4.69) is 44.8 Å². The molecule has 0 saturated carbocycles. The van der Waals surface area contributed by atoms with Gasteiger partial charge in [-0.25, -0.2) is 0 Å². The topological polar surface area (TPSA) is 15.3 Å². The summed E-state index contributed by atoms with van der Waals surface area (Å²) in [5.74, 6) is 1.61. The Hall–Kier alpha value is -0.0800. The van der Waals surface area contributed by atoms with E-state index in [0.29, 0.717) is 6.04 Å². The highest BCUT2D eigenvalue weighted by Crippen LogP contribution is 2.22. The van der Waals surface area contributed by atoms with E-state index in [0.717, 1.165) is 17.9 Å². The van der Waals surface area contributed by atoms with Crippen molar-refractivity contribution in [3.8, 4) is 0 Å². The summed E-state index contributed by atoms with van der Waals surface area (Å²) in [6, 6.07) is 1.45. The highest BCUT2D eigenvalue weighted by Gasteiger charge is 2.31. The Morgan fingerprint density at radius 3 is 2.30 bits per heavy atom. The molecule has 20 heavy (non-hydrogen) atoms. The average molecular weight is 283 g/mol. The zero-order chi connectivity index (χ0) is 15.0. The zero-order valence-electron chi connectivity index (χ0n) is 14.6. The van der Waals surface area contributed by atoms with Crippen LogP contribution in [-0.2, 0) is 0 Å². The van der Waals surface area contributed by atoms with Crippen LogP contribution >= 0.6 is 0 Å². The van der Waals surface area contributed by atoms with E-state index in [1.54, 1.807) is 0 Å². The maximum Gasteiger partial charge on any atom is 0.0246 e. The molecule has 4 atom stereocenters. The lowest BCUT2D eigenvalue weighted by Crippen LogP contribution is -2.60. The van der Waals surface area contributed by atoms with E-state index in [1.807, 2.05) is 0 Å². The van der Waals surface area contributed by atoms with Crippen molar-refractivity contribution in [3.63, 3.8) is 0 Å². The van der Waals surface area contributed by atoms with E-state index in [4.69, 9.17) is 0 Å². The first-order valence-corrected chi connectivity index (χ1v) is 9.11. The first-order valence-electron chi connectivity index (χ1n) is 9.11. The van der Waals surface area contributed by atoms with Gasteiger partial charge in [0, 0.05) is 25.2 Å². The Labute approximate surface area is 127 Å². The third kappa shape index (κ3) is 5.37. The van der Waals surface area contributed by atoms with E-state index in [-0.39, 0.29) is 0 Å². The molecule has 1 aliphatic heterocycles. The fourth-order valence-electron chi connectivity index (χ4n) is 3.35. The summed E-state index contributed by atoms with van der Waals surface area (Å²) in [6.45, 7) is 15.5. The molecular weight excluding hydrogens is 244 g/mol. The number of rotatable bonds is 9. The Morgan fingerprint density at radius 1 is 1.00 bits per heavy atom. The third-order valence-electron chi connectivity index (χ3n) is 5.42. The van der Waals surface area contributed by atoms with Crippen LogP contribution in [0.5, 0.6) is 0 Å². The molecule has 1 aliphatic rings. The standard InChI is InChI=1S/C18H38N2/c1-6-9-10-11-12-20-14-17(15(4)7-2)19-13-18(20)16(5)8-3/h15-19H,6-14H2,1-5H3. The molecule has 2 heteroatoms. The summed E-state index contributed by atoms with van der Waals surface area (Å²) < 4.78 is 0. The van der Waals surface area contributed by atoms with Crippen LogP contribution in [-0.4, -0.2) is 36.6 Å². The summed E-state index contributed by atoms with van der Waals surface area (Å²) in [6.07, 6.45) is 8.11. The number of nitrogens with zero attached hydrogens (tertiary/aromatic N) is 1. The fourth-order valence-corrected chi connectivity index (χ4v) is 3.35. The molecule has 0 spiro atoms. The highest BCUT2D eigenvalue weighted by atomic mass is 15.2. The molecule has 0 radical (unpaired) electrons. The molecule has 0 bridgehead atoms. The molecule has 1 rings (SSSR count). The van der Waals surface area contributed by atoms with Gasteiger partial charge < -0.3 is 5.32 Å². The van der Waals surface area contributed by atoms with Crippen molar-refractivity contribution in [1.82, 2.24) is 10.2 Å². The summed E-state index contributed by atoms with van der Waals surface area (Å²) in [5.41, 5.74) is 0. The van der Waals surface area contributed by atoms with E-state index in [9.17, 15) is 0 Å². The van der Waals surface area contributed by atoms with Crippen molar-refractivity contribution in [2.45, 2.75) is 85.2 Å². The molecule has 120 valence electrons. The number of hydrogen-bond donors (Lipinski definition) is 1. The van der Waals surface area contributed by atoms with Crippen LogP contribution in [0, 0.1) is 11.8 Å². The quantitative estimate of drug-likeness (QED) is 0.634. The van der Waals surface area contributed by atoms with Crippen molar-refractivity contribution in [2.24, 2.45) is 11.8 Å². The van der Waals surface area contributed by atoms with Crippen LogP contribution in [0.1, 0.15) is 73.1 Å². The Bertz CT molecular complexity index is 242. The minimum Gasteiger partial charge on any atom is -0.311 e. The van der Waals surface area contributed by atoms with Gasteiger partial charge in [-0.15, -0.1) is 0 Å². The fraction of sp³-hybridized carbons (Fsp3) is 1.00. The van der Waals surface area contributed by atoms with Gasteiger partial charge >= 0.3 is 0 Å². The molecule has 2 nitrogen and oxygen atoms in total. The van der Waals surface area contributed by atoms with Gasteiger partial charge in [0.15, 0.2) is 0 Å². The molecule has 0 aromatic heterocycles. The maximum atomic E-state index is 3.82. The highest BCUT2D eigenvalue weighted by molar-refractivity contribution is 4.90. The summed E-state index contributed by atoms with van der Waals surface area (Å²) >= 11 is 0. The van der Waals surface area contributed by atoms with Gasteiger partial charge in [0.05, 0.1) is 0 Å². The largest absolute Gasteiger partial charge is 0.311 e. The van der Waals surface area contributed by atoms with E-state index >= 15 is 0 Å². The predicted octanol–water partition coefficient (Wildman–Crippen LogP) is 4.30. The average Bonchev–Trinajstić information content (AvgIpc) is 2.49. The molecule has 1 heterocycles. The lowest BCUT2D eigenvalue weighted by Gasteiger charge is -2.44. The zero-order valence-corrected chi connectivity index (χ0v) is 14.6. The second-order valence-electron chi connectivity index (χ2n) is 6.91. The van der Waals surface area contributed by atoms with Crippen LogP contribution in [0.2, 0.25) is 0 Å². The molecule has 1 fully saturated rings. The van der Waals surface area contributed by atoms with Crippen LogP contribution in [0.15, 0.2) is 0 Å². The molecule has 1 saturated heterocycles. The first kappa shape index (κ1) is 18.0. The number of unbranched alkanes of at least 4 members (excludes halogenated alkanes) is 3. The van der Waals surface area contributed by atoms with Crippen molar-refractivity contribution < 1.29 is 0 Å². The van der Waals surface area contributed by atoms with Gasteiger partial charge in [0.1, 0.15) is 0 Å². The molecule has 4 unspecified atom stereocenters. The smallest absolute Gasteiger partial charge is 0.0246 e. The molecule has 0 amide bonds. The maximum absolute atomic E-state index is 3.82. The Kier molecular flexibility index (Phi) is 8.79. The summed E-state index contributed by atoms with van der Waals surface area (Å²) in [7, 11) is 0. The minimum atomic E-state index is 0.700. The number of hydrogen-bond acceptors (Lipinski definition) is 2. The summed E-state index contributed by atoms with van der Waals surface area (Å²) in [5, 5.41) is 3.82. The number of piperazine rings is 1. The SMILES string of the molecule is CCCCCCN1CC(C(C)CC)NCC1C(C)CC. The van der Waals surface area contributed by atoms with Crippen molar-refractivity contribution >= 4 is 0 Å². The molecular formula is C18H38N2. The monoisotopic (exact) mass is 282 g/mol. The van der Waals surface area contributed by atoms with Gasteiger partial charge in [-0.3, -0.25) is 4.90 Å². The Balaban J connectivity index is 2.53. The molecule has 0 aliphatic carbocycles. The minimum absolute atomic E-state index is 0.700. The third-order valence-corrected chi connectivity index (χ3v) is 5.42. The van der Waals surface area contributed by atoms with Crippen molar-refractivity contribution in [1.29, 1.82) is 0 Å². The summed E-state index contributed by atoms with van der Waals surface area (Å²) in [4.78, 5) is 2.80. The predicted molar refractivity (Wildman–Crippen MR) is 90.2 cm³/mol. The van der Waals surface area contributed by atoms with E-state index in [1.165, 1.54) is 58.2 Å². The van der Waals surface area contributed by atoms with Gasteiger partial charge in [-0.1, -0.05) is 66.7 Å². The van der Waals surface area contributed by atoms with Gasteiger partial charge in [-0.05, 0) is 24.8 Å². The van der Waals surface area contributed by atoms with Gasteiger partial charge in [0.2, 0.25) is 0 Å². The lowest BCUT2D eigenvalue weighted by molar-refractivity contribution is 0.0743. The number of nitrogens with one attached hydrogen (secondary N) is 1. The van der Waals surface area contributed by atoms with Gasteiger partial charge in [-0.2, -0.15) is 0 Å². The van der Waals surface area contributed by atoms with E-state index < -0.39 is 0 Å². The lowest BCUT2D eigenvalue weighted by atomic mass is 9.90. The second kappa shape index (κ2) is 9.78. The normalized spacial score (nSPS) is 27.4. The molecule has 0 aromatic carbocycles. The second-order valence-corrected chi connectivity index (χ2v) is 6.91. The molecule has 1 N–H and O–H groups in total. The van der Waals surface area contributed by atoms with Crippen molar-refractivity contribution in [3.05, 3.63) is 0 Å². The molecule has 0 aromatic rings. The van der Waals surface area contributed by atoms with Crippen LogP contribution in [0.25, 0.3) is 0 Å². The van der Waals surface area contributed by atoms with Crippen molar-refractivity contribution in [2.75, 3.05) is 19.6 Å². The first-order chi connectivity index (χ1) is 9.63.